The zero-order valence-corrected chi connectivity index (χ0v) is 12.8. The van der Waals surface area contributed by atoms with Gasteiger partial charge in [0.1, 0.15) is 17.5 Å². The summed E-state index contributed by atoms with van der Waals surface area (Å²) in [6.45, 7) is 4.87. The molecule has 0 aliphatic carbocycles. The van der Waals surface area contributed by atoms with E-state index in [-0.39, 0.29) is 22.2 Å². The molecule has 20 heavy (non-hydrogen) atoms. The smallest absolute Gasteiger partial charge is 0.407 e. The maximum absolute atomic E-state index is 13.6. The van der Waals surface area contributed by atoms with Crippen LogP contribution in [-0.4, -0.2) is 23.3 Å². The first kappa shape index (κ1) is 17.0. The fraction of sp³-hybridized carbons (Fsp3) is 0.462. The number of carbonyl (C=O) groups is 1. The van der Waals surface area contributed by atoms with Crippen molar-refractivity contribution in [3.63, 3.8) is 0 Å². The second-order valence-electron chi connectivity index (χ2n) is 5.16. The molecule has 1 rings (SSSR count). The minimum absolute atomic E-state index is 0.0786. The second-order valence-corrected chi connectivity index (χ2v) is 5.94. The monoisotopic (exact) mass is 323 g/mol. The van der Waals surface area contributed by atoms with E-state index in [4.69, 9.17) is 27.9 Å². The average Bonchev–Trinajstić information content (AvgIpc) is 2.30. The van der Waals surface area contributed by atoms with Gasteiger partial charge in [-0.15, -0.1) is 0 Å². The molecule has 1 aromatic carbocycles. The number of benzene rings is 1. The highest BCUT2D eigenvalue weighted by Crippen LogP contribution is 2.32. The lowest BCUT2D eigenvalue weighted by atomic mass is 10.1. The molecule has 7 heteroatoms. The van der Waals surface area contributed by atoms with Gasteiger partial charge in [-0.2, -0.15) is 0 Å². The number of aliphatic hydroxyl groups is 1. The van der Waals surface area contributed by atoms with Crippen molar-refractivity contribution in [1.82, 2.24) is 5.32 Å². The molecule has 0 bridgehead atoms. The third-order valence-electron chi connectivity index (χ3n) is 2.25. The van der Waals surface area contributed by atoms with Gasteiger partial charge in [-0.1, -0.05) is 23.2 Å². The van der Waals surface area contributed by atoms with Crippen molar-refractivity contribution in [2.75, 3.05) is 6.54 Å². The van der Waals surface area contributed by atoms with Crippen LogP contribution in [-0.2, 0) is 4.74 Å². The lowest BCUT2D eigenvalue weighted by Gasteiger charge is -2.21. The van der Waals surface area contributed by atoms with Crippen LogP contribution in [0.25, 0.3) is 0 Å². The predicted octanol–water partition coefficient (Wildman–Crippen LogP) is 3.69. The normalized spacial score (nSPS) is 12.9. The van der Waals surface area contributed by atoms with Gasteiger partial charge in [-0.3, -0.25) is 0 Å². The van der Waals surface area contributed by atoms with E-state index in [2.05, 4.69) is 5.32 Å². The third kappa shape index (κ3) is 4.81. The lowest BCUT2D eigenvalue weighted by molar-refractivity contribution is 0.0490. The quantitative estimate of drug-likeness (QED) is 0.834. The van der Waals surface area contributed by atoms with E-state index in [9.17, 15) is 14.3 Å². The molecule has 0 aliphatic heterocycles. The minimum Gasteiger partial charge on any atom is -0.444 e. The Bertz CT molecular complexity index is 503. The molecule has 4 nitrogen and oxygen atoms in total. The molecule has 0 saturated carbocycles. The summed E-state index contributed by atoms with van der Waals surface area (Å²) in [7, 11) is 0. The highest BCUT2D eigenvalue weighted by Gasteiger charge is 2.21. The average molecular weight is 324 g/mol. The first-order valence-electron chi connectivity index (χ1n) is 5.90. The summed E-state index contributed by atoms with van der Waals surface area (Å²) < 4.78 is 18.6. The summed E-state index contributed by atoms with van der Waals surface area (Å²) in [6.07, 6.45) is -2.04. The van der Waals surface area contributed by atoms with Crippen LogP contribution >= 0.6 is 23.2 Å². The van der Waals surface area contributed by atoms with Gasteiger partial charge in [0, 0.05) is 5.56 Å². The van der Waals surface area contributed by atoms with E-state index in [0.29, 0.717) is 0 Å². The number of rotatable bonds is 3. The van der Waals surface area contributed by atoms with Gasteiger partial charge in [0.05, 0.1) is 16.6 Å². The zero-order valence-electron chi connectivity index (χ0n) is 11.3. The number of amides is 1. The Kier molecular flexibility index (Phi) is 5.62. The fourth-order valence-electron chi connectivity index (χ4n) is 1.44. The Morgan fingerprint density at radius 1 is 1.45 bits per heavy atom. The van der Waals surface area contributed by atoms with Crippen LogP contribution in [0.3, 0.4) is 0 Å². The van der Waals surface area contributed by atoms with Gasteiger partial charge >= 0.3 is 6.09 Å². The van der Waals surface area contributed by atoms with E-state index >= 15 is 0 Å². The topological polar surface area (TPSA) is 58.6 Å². The first-order chi connectivity index (χ1) is 9.11. The number of alkyl carbamates (subject to hydrolysis) is 1. The van der Waals surface area contributed by atoms with Crippen molar-refractivity contribution in [3.8, 4) is 0 Å². The molecule has 1 atom stereocenters. The summed E-state index contributed by atoms with van der Waals surface area (Å²) in [5, 5.41) is 12.3. The molecule has 1 unspecified atom stereocenters. The molecular weight excluding hydrogens is 308 g/mol. The fourth-order valence-corrected chi connectivity index (χ4v) is 1.89. The molecule has 0 saturated heterocycles. The molecule has 0 aliphatic rings. The molecule has 1 amide bonds. The molecule has 0 radical (unpaired) electrons. The van der Waals surface area contributed by atoms with Crippen LogP contribution in [0, 0.1) is 5.82 Å². The van der Waals surface area contributed by atoms with Gasteiger partial charge in [-0.25, -0.2) is 9.18 Å². The predicted molar refractivity (Wildman–Crippen MR) is 75.6 cm³/mol. The van der Waals surface area contributed by atoms with Crippen LogP contribution in [0.1, 0.15) is 32.4 Å². The van der Waals surface area contributed by atoms with Gasteiger partial charge in [0.25, 0.3) is 0 Å². The van der Waals surface area contributed by atoms with Crippen molar-refractivity contribution >= 4 is 29.3 Å². The number of halogens is 3. The second kappa shape index (κ2) is 6.61. The largest absolute Gasteiger partial charge is 0.444 e. The van der Waals surface area contributed by atoms with Gasteiger partial charge in [-0.05, 0) is 32.9 Å². The van der Waals surface area contributed by atoms with Crippen LogP contribution in [0.15, 0.2) is 12.1 Å². The van der Waals surface area contributed by atoms with Crippen molar-refractivity contribution in [3.05, 3.63) is 33.6 Å². The molecule has 0 fully saturated rings. The first-order valence-corrected chi connectivity index (χ1v) is 6.65. The van der Waals surface area contributed by atoms with Gasteiger partial charge < -0.3 is 15.2 Å². The van der Waals surface area contributed by atoms with Gasteiger partial charge in [0.15, 0.2) is 0 Å². The number of nitrogens with one attached hydrogen (secondary N) is 1. The third-order valence-corrected chi connectivity index (χ3v) is 3.07. The Morgan fingerprint density at radius 3 is 2.60 bits per heavy atom. The SMILES string of the molecule is CC(C)(C)OC(=O)NCC(O)c1c(F)ccc(Cl)c1Cl. The summed E-state index contributed by atoms with van der Waals surface area (Å²) in [5.74, 6) is -0.696. The van der Waals surface area contributed by atoms with Crippen LogP contribution in [0.5, 0.6) is 0 Å². The van der Waals surface area contributed by atoms with E-state index in [1.165, 1.54) is 6.07 Å². The highest BCUT2D eigenvalue weighted by atomic mass is 35.5. The Morgan fingerprint density at radius 2 is 2.05 bits per heavy atom. The molecule has 0 heterocycles. The van der Waals surface area contributed by atoms with Crippen LogP contribution in [0.4, 0.5) is 9.18 Å². The maximum atomic E-state index is 13.6. The molecule has 1 aromatic rings. The number of hydrogen-bond donors (Lipinski definition) is 2. The molecular formula is C13H16Cl2FNO3. The Labute approximate surface area is 126 Å². The van der Waals surface area contributed by atoms with E-state index in [1.807, 2.05) is 0 Å². The molecule has 2 N–H and O–H groups in total. The van der Waals surface area contributed by atoms with Crippen molar-refractivity contribution in [2.24, 2.45) is 0 Å². The Hall–Kier alpha value is -1.04. The lowest BCUT2D eigenvalue weighted by Crippen LogP contribution is -2.35. The minimum atomic E-state index is -1.33. The number of carbonyl (C=O) groups excluding carboxylic acids is 1. The van der Waals surface area contributed by atoms with Gasteiger partial charge in [0.2, 0.25) is 0 Å². The number of ether oxygens (including phenoxy) is 1. The van der Waals surface area contributed by atoms with Crippen molar-refractivity contribution in [1.29, 1.82) is 0 Å². The van der Waals surface area contributed by atoms with Crippen LogP contribution in [0.2, 0.25) is 10.0 Å². The number of aliphatic hydroxyl groups excluding tert-OH is 1. The summed E-state index contributed by atoms with van der Waals surface area (Å²) >= 11 is 11.6. The highest BCUT2D eigenvalue weighted by molar-refractivity contribution is 6.42. The van der Waals surface area contributed by atoms with E-state index in [0.717, 1.165) is 6.07 Å². The summed E-state index contributed by atoms with van der Waals surface area (Å²) in [5.41, 5.74) is -0.816. The molecule has 0 spiro atoms. The summed E-state index contributed by atoms with van der Waals surface area (Å²) in [6, 6.07) is 2.39. The van der Waals surface area contributed by atoms with E-state index < -0.39 is 23.6 Å². The zero-order chi connectivity index (χ0) is 15.5. The number of hydrogen-bond acceptors (Lipinski definition) is 3. The van der Waals surface area contributed by atoms with Crippen molar-refractivity contribution < 1.29 is 19.0 Å². The Balaban J connectivity index is 2.71. The summed E-state index contributed by atoms with van der Waals surface area (Å²) in [4.78, 5) is 11.4. The standard InChI is InChI=1S/C13H16Cl2FNO3/c1-13(2,3)20-12(19)17-6-9(18)10-8(16)5-4-7(14)11(10)15/h4-5,9,18H,6H2,1-3H3,(H,17,19). The van der Waals surface area contributed by atoms with Crippen molar-refractivity contribution in [2.45, 2.75) is 32.5 Å². The van der Waals surface area contributed by atoms with E-state index in [1.54, 1.807) is 20.8 Å². The van der Waals surface area contributed by atoms with Crippen LogP contribution < -0.4 is 5.32 Å². The maximum Gasteiger partial charge on any atom is 0.407 e. The molecule has 0 aromatic heterocycles. The molecule has 112 valence electrons.